The second kappa shape index (κ2) is 6.56. The predicted molar refractivity (Wildman–Crippen MR) is 85.2 cm³/mol. The Balaban J connectivity index is 1.62. The molecule has 0 unspecified atom stereocenters. The normalized spacial score (nSPS) is 12.3. The van der Waals surface area contributed by atoms with E-state index in [0.717, 1.165) is 11.0 Å². The molecular formula is C17H17FN4O. The van der Waals surface area contributed by atoms with Crippen LogP contribution in [0.3, 0.4) is 0 Å². The molecule has 0 spiro atoms. The molecular weight excluding hydrogens is 295 g/mol. The first kappa shape index (κ1) is 15.1. The molecule has 23 heavy (non-hydrogen) atoms. The molecule has 1 amide bonds. The van der Waals surface area contributed by atoms with Gasteiger partial charge in [-0.1, -0.05) is 35.5 Å². The summed E-state index contributed by atoms with van der Waals surface area (Å²) in [5.41, 5.74) is 2.13. The Labute approximate surface area is 133 Å². The van der Waals surface area contributed by atoms with Crippen LogP contribution in [0.1, 0.15) is 12.5 Å². The highest BCUT2D eigenvalue weighted by Crippen LogP contribution is 2.10. The van der Waals surface area contributed by atoms with E-state index in [4.69, 9.17) is 0 Å². The lowest BCUT2D eigenvalue weighted by atomic mass is 10.1. The van der Waals surface area contributed by atoms with Crippen molar-refractivity contribution < 1.29 is 9.18 Å². The minimum absolute atomic E-state index is 0.0229. The molecule has 5 nitrogen and oxygen atoms in total. The summed E-state index contributed by atoms with van der Waals surface area (Å²) in [5.74, 6) is -0.579. The molecule has 0 fully saturated rings. The summed E-state index contributed by atoms with van der Waals surface area (Å²) in [6.07, 6.45) is 0.0229. The van der Waals surface area contributed by atoms with Crippen LogP contribution in [0.2, 0.25) is 0 Å². The Morgan fingerprint density at radius 3 is 2.78 bits per heavy atom. The molecule has 0 aliphatic heterocycles. The number of amides is 1. The zero-order chi connectivity index (χ0) is 16.2. The molecule has 0 aliphatic rings. The van der Waals surface area contributed by atoms with E-state index in [1.807, 2.05) is 31.2 Å². The molecule has 3 rings (SSSR count). The van der Waals surface area contributed by atoms with Crippen LogP contribution in [0.5, 0.6) is 0 Å². The first-order valence-electron chi connectivity index (χ1n) is 7.44. The van der Waals surface area contributed by atoms with Crippen LogP contribution in [-0.2, 0) is 17.8 Å². The molecule has 1 N–H and O–H groups in total. The number of aromatic nitrogens is 3. The summed E-state index contributed by atoms with van der Waals surface area (Å²) in [4.78, 5) is 12.0. The van der Waals surface area contributed by atoms with E-state index >= 15 is 0 Å². The number of benzene rings is 2. The van der Waals surface area contributed by atoms with Gasteiger partial charge in [-0.05, 0) is 30.7 Å². The van der Waals surface area contributed by atoms with Crippen molar-refractivity contribution in [2.24, 2.45) is 0 Å². The molecule has 6 heteroatoms. The molecule has 118 valence electrons. The Bertz CT molecular complexity index is 830. The van der Waals surface area contributed by atoms with Gasteiger partial charge in [-0.25, -0.2) is 9.07 Å². The maximum atomic E-state index is 13.6. The van der Waals surface area contributed by atoms with Gasteiger partial charge in [0.2, 0.25) is 5.91 Å². The first-order chi connectivity index (χ1) is 11.1. The molecule has 1 atom stereocenters. The number of hydrogen-bond acceptors (Lipinski definition) is 3. The van der Waals surface area contributed by atoms with Crippen molar-refractivity contribution >= 4 is 16.9 Å². The largest absolute Gasteiger partial charge is 0.351 e. The Morgan fingerprint density at radius 1 is 1.22 bits per heavy atom. The molecule has 1 heterocycles. The van der Waals surface area contributed by atoms with Crippen LogP contribution in [0.4, 0.5) is 4.39 Å². The Morgan fingerprint density at radius 2 is 1.96 bits per heavy atom. The van der Waals surface area contributed by atoms with Gasteiger partial charge in [0.15, 0.2) is 0 Å². The Kier molecular flexibility index (Phi) is 4.32. The van der Waals surface area contributed by atoms with Crippen LogP contribution < -0.4 is 5.32 Å². The van der Waals surface area contributed by atoms with Crippen molar-refractivity contribution in [3.8, 4) is 0 Å². The lowest BCUT2D eigenvalue weighted by molar-refractivity contribution is -0.121. The molecule has 0 bridgehead atoms. The van der Waals surface area contributed by atoms with Crippen molar-refractivity contribution in [2.75, 3.05) is 0 Å². The SMILES string of the molecule is C[C@@H](Cn1nnc2ccccc21)NC(=O)Cc1ccccc1F. The number of carbonyl (C=O) groups excluding carboxylic acids is 1. The fourth-order valence-electron chi connectivity index (χ4n) is 2.50. The van der Waals surface area contributed by atoms with Crippen molar-refractivity contribution in [3.05, 3.63) is 59.9 Å². The summed E-state index contributed by atoms with van der Waals surface area (Å²) in [6.45, 7) is 2.39. The first-order valence-corrected chi connectivity index (χ1v) is 7.44. The van der Waals surface area contributed by atoms with Gasteiger partial charge in [0.25, 0.3) is 0 Å². The van der Waals surface area contributed by atoms with Crippen molar-refractivity contribution in [1.29, 1.82) is 0 Å². The highest BCUT2D eigenvalue weighted by molar-refractivity contribution is 5.79. The summed E-state index contributed by atoms with van der Waals surface area (Å²) in [5, 5.41) is 11.0. The third-order valence-corrected chi connectivity index (χ3v) is 3.58. The molecule has 2 aromatic carbocycles. The number of hydrogen-bond donors (Lipinski definition) is 1. The van der Waals surface area contributed by atoms with Gasteiger partial charge in [0.05, 0.1) is 18.5 Å². The van der Waals surface area contributed by atoms with E-state index in [2.05, 4.69) is 15.6 Å². The molecule has 3 aromatic rings. The number of carbonyl (C=O) groups is 1. The number of halogens is 1. The van der Waals surface area contributed by atoms with Crippen LogP contribution in [0.15, 0.2) is 48.5 Å². The van der Waals surface area contributed by atoms with Gasteiger partial charge in [0.1, 0.15) is 11.3 Å². The number of nitrogens with one attached hydrogen (secondary N) is 1. The summed E-state index contributed by atoms with van der Waals surface area (Å²) < 4.78 is 15.3. The van der Waals surface area contributed by atoms with Gasteiger partial charge in [-0.3, -0.25) is 4.79 Å². The minimum Gasteiger partial charge on any atom is -0.351 e. The molecule has 0 aliphatic carbocycles. The van der Waals surface area contributed by atoms with E-state index in [1.165, 1.54) is 6.07 Å². The quantitative estimate of drug-likeness (QED) is 0.786. The summed E-state index contributed by atoms with van der Waals surface area (Å²) in [6, 6.07) is 13.8. The fraction of sp³-hybridized carbons (Fsp3) is 0.235. The van der Waals surface area contributed by atoms with E-state index in [-0.39, 0.29) is 24.2 Å². The molecule has 0 radical (unpaired) electrons. The van der Waals surface area contributed by atoms with E-state index < -0.39 is 0 Å². The topological polar surface area (TPSA) is 59.8 Å². The maximum Gasteiger partial charge on any atom is 0.224 e. The van der Waals surface area contributed by atoms with E-state index in [9.17, 15) is 9.18 Å². The molecule has 0 saturated heterocycles. The standard InChI is InChI=1S/C17H17FN4O/c1-12(11-22-16-9-5-4-8-15(16)20-21-22)19-17(23)10-13-6-2-3-7-14(13)18/h2-9,12H,10-11H2,1H3,(H,19,23)/t12-/m0/s1. The monoisotopic (exact) mass is 312 g/mol. The minimum atomic E-state index is -0.363. The average molecular weight is 312 g/mol. The van der Waals surface area contributed by atoms with Gasteiger partial charge < -0.3 is 5.32 Å². The zero-order valence-electron chi connectivity index (χ0n) is 12.7. The van der Waals surface area contributed by atoms with Crippen molar-refractivity contribution in [2.45, 2.75) is 25.9 Å². The van der Waals surface area contributed by atoms with Gasteiger partial charge >= 0.3 is 0 Å². The lowest BCUT2D eigenvalue weighted by Crippen LogP contribution is -2.37. The van der Waals surface area contributed by atoms with Crippen molar-refractivity contribution in [3.63, 3.8) is 0 Å². The third-order valence-electron chi connectivity index (χ3n) is 3.58. The van der Waals surface area contributed by atoms with Crippen LogP contribution in [-0.4, -0.2) is 26.9 Å². The van der Waals surface area contributed by atoms with Gasteiger partial charge in [-0.2, -0.15) is 0 Å². The molecule has 1 aromatic heterocycles. The number of rotatable bonds is 5. The average Bonchev–Trinajstić information content (AvgIpc) is 2.93. The van der Waals surface area contributed by atoms with Crippen molar-refractivity contribution in [1.82, 2.24) is 20.3 Å². The second-order valence-corrected chi connectivity index (χ2v) is 5.50. The molecule has 0 saturated carbocycles. The fourth-order valence-corrected chi connectivity index (χ4v) is 2.50. The summed E-state index contributed by atoms with van der Waals surface area (Å²) >= 11 is 0. The van der Waals surface area contributed by atoms with E-state index in [0.29, 0.717) is 12.1 Å². The van der Waals surface area contributed by atoms with Gasteiger partial charge in [-0.15, -0.1) is 5.10 Å². The summed E-state index contributed by atoms with van der Waals surface area (Å²) in [7, 11) is 0. The highest BCUT2D eigenvalue weighted by atomic mass is 19.1. The van der Waals surface area contributed by atoms with Gasteiger partial charge in [0, 0.05) is 6.04 Å². The Hall–Kier alpha value is -2.76. The van der Waals surface area contributed by atoms with Crippen LogP contribution in [0, 0.1) is 5.82 Å². The smallest absolute Gasteiger partial charge is 0.224 e. The number of para-hydroxylation sites is 1. The second-order valence-electron chi connectivity index (χ2n) is 5.50. The lowest BCUT2D eigenvalue weighted by Gasteiger charge is -2.14. The van der Waals surface area contributed by atoms with E-state index in [1.54, 1.807) is 22.9 Å². The van der Waals surface area contributed by atoms with Crippen LogP contribution >= 0.6 is 0 Å². The van der Waals surface area contributed by atoms with Crippen LogP contribution in [0.25, 0.3) is 11.0 Å². The maximum absolute atomic E-state index is 13.6. The third kappa shape index (κ3) is 3.53. The predicted octanol–water partition coefficient (Wildman–Crippen LogP) is 2.32. The number of nitrogens with zero attached hydrogens (tertiary/aromatic N) is 3. The zero-order valence-corrected chi connectivity index (χ0v) is 12.7. The highest BCUT2D eigenvalue weighted by Gasteiger charge is 2.13. The number of fused-ring (bicyclic) bond motifs is 1.